The fraction of sp³-hybridized carbons (Fsp3) is 0.0800. The third-order valence-electron chi connectivity index (χ3n) is 5.19. The van der Waals surface area contributed by atoms with Gasteiger partial charge in [-0.25, -0.2) is 13.6 Å². The average molecular weight is 512 g/mol. The van der Waals surface area contributed by atoms with E-state index in [4.69, 9.17) is 9.84 Å². The molecule has 0 aromatic heterocycles. The molecule has 11 heteroatoms. The van der Waals surface area contributed by atoms with Crippen molar-refractivity contribution in [3.05, 3.63) is 82.3 Å². The highest BCUT2D eigenvalue weighted by Crippen LogP contribution is 2.36. The predicted molar refractivity (Wildman–Crippen MR) is 131 cm³/mol. The summed E-state index contributed by atoms with van der Waals surface area (Å²) >= 11 is 0.939. The molecule has 1 amide bonds. The largest absolute Gasteiger partial charge is 0.507 e. The molecule has 184 valence electrons. The van der Waals surface area contributed by atoms with Crippen molar-refractivity contribution in [2.75, 3.05) is 12.4 Å². The van der Waals surface area contributed by atoms with Crippen LogP contribution in [-0.4, -0.2) is 39.5 Å². The highest BCUT2D eigenvalue weighted by Gasteiger charge is 2.24. The molecule has 0 fully saturated rings. The smallest absolute Gasteiger partial charge is 0.337 e. The molecule has 1 atom stereocenters. The number of hydrogen-bond acceptors (Lipinski definition) is 7. The van der Waals surface area contributed by atoms with Crippen LogP contribution in [0.2, 0.25) is 0 Å². The van der Waals surface area contributed by atoms with Crippen molar-refractivity contribution in [2.45, 2.75) is 6.10 Å². The van der Waals surface area contributed by atoms with Gasteiger partial charge < -0.3 is 25.4 Å². The molecular weight excluding hydrogens is 494 g/mol. The van der Waals surface area contributed by atoms with E-state index >= 15 is 0 Å². The number of thioether (sulfide) groups is 1. The number of phenols is 1. The van der Waals surface area contributed by atoms with Gasteiger partial charge in [0.2, 0.25) is 0 Å². The number of halogens is 2. The van der Waals surface area contributed by atoms with Crippen LogP contribution in [0, 0.1) is 11.6 Å². The van der Waals surface area contributed by atoms with Gasteiger partial charge in [-0.15, -0.1) is 0 Å². The second-order valence-corrected chi connectivity index (χ2v) is 8.58. The first kappa shape index (κ1) is 24.9. The van der Waals surface area contributed by atoms with E-state index in [1.807, 2.05) is 0 Å². The topological polar surface area (TPSA) is 128 Å². The Morgan fingerprint density at radius 3 is 2.61 bits per heavy atom. The van der Waals surface area contributed by atoms with Gasteiger partial charge in [-0.2, -0.15) is 4.99 Å². The number of carboxylic acid groups (broad SMARTS) is 1. The van der Waals surface area contributed by atoms with E-state index in [0.717, 1.165) is 23.9 Å². The highest BCUT2D eigenvalue weighted by atomic mass is 32.2. The van der Waals surface area contributed by atoms with Crippen molar-refractivity contribution in [3.63, 3.8) is 0 Å². The van der Waals surface area contributed by atoms with Gasteiger partial charge >= 0.3 is 5.97 Å². The Morgan fingerprint density at radius 1 is 1.14 bits per heavy atom. The molecule has 0 bridgehead atoms. The summed E-state index contributed by atoms with van der Waals surface area (Å²) in [6, 6.07) is 12.0. The summed E-state index contributed by atoms with van der Waals surface area (Å²) in [5.41, 5.74) is 1.06. The van der Waals surface area contributed by atoms with Crippen molar-refractivity contribution in [1.29, 1.82) is 0 Å². The fourth-order valence-electron chi connectivity index (χ4n) is 3.43. The number of rotatable bonds is 6. The first-order valence-corrected chi connectivity index (χ1v) is 11.1. The number of nitrogens with one attached hydrogen (secondary N) is 1. The van der Waals surface area contributed by atoms with E-state index in [1.165, 1.54) is 43.5 Å². The van der Waals surface area contributed by atoms with Crippen molar-refractivity contribution in [3.8, 4) is 22.6 Å². The number of aliphatic carboxylic acids is 1. The van der Waals surface area contributed by atoms with Crippen LogP contribution >= 0.6 is 11.8 Å². The predicted octanol–water partition coefficient (Wildman–Crippen LogP) is 4.55. The van der Waals surface area contributed by atoms with Crippen LogP contribution in [0.4, 0.5) is 14.5 Å². The molecule has 0 aliphatic carbocycles. The number of aromatic hydroxyl groups is 1. The Morgan fingerprint density at radius 2 is 1.92 bits per heavy atom. The van der Waals surface area contributed by atoms with Crippen LogP contribution < -0.4 is 10.1 Å². The summed E-state index contributed by atoms with van der Waals surface area (Å²) in [5, 5.41) is 31.6. The maximum Gasteiger partial charge on any atom is 0.337 e. The molecule has 8 nitrogen and oxygen atoms in total. The normalized spacial score (nSPS) is 15.1. The number of phenolic OH excluding ortho intramolecular Hbond substituents is 1. The summed E-state index contributed by atoms with van der Waals surface area (Å²) < 4.78 is 33.3. The van der Waals surface area contributed by atoms with Crippen molar-refractivity contribution >= 4 is 40.6 Å². The van der Waals surface area contributed by atoms with Crippen LogP contribution in [0.5, 0.6) is 11.5 Å². The summed E-state index contributed by atoms with van der Waals surface area (Å²) in [6.07, 6.45) is -0.591. The van der Waals surface area contributed by atoms with Gasteiger partial charge in [0.05, 0.1) is 12.0 Å². The summed E-state index contributed by atoms with van der Waals surface area (Å²) in [4.78, 5) is 27.3. The number of methoxy groups -OCH3 is 1. The molecule has 1 aliphatic heterocycles. The summed E-state index contributed by atoms with van der Waals surface area (Å²) in [6.45, 7) is 0. The number of amidine groups is 1. The molecule has 3 aromatic carbocycles. The lowest BCUT2D eigenvalue weighted by molar-refractivity contribution is -0.147. The lowest BCUT2D eigenvalue weighted by Crippen LogP contribution is -2.13. The van der Waals surface area contributed by atoms with E-state index in [1.54, 1.807) is 12.1 Å². The maximum atomic E-state index is 14.2. The molecule has 4 N–H and O–H groups in total. The van der Waals surface area contributed by atoms with Crippen molar-refractivity contribution in [2.24, 2.45) is 4.99 Å². The number of amides is 1. The van der Waals surface area contributed by atoms with E-state index in [2.05, 4.69) is 10.3 Å². The van der Waals surface area contributed by atoms with Crippen LogP contribution in [0.15, 0.2) is 64.5 Å². The number of benzene rings is 3. The van der Waals surface area contributed by atoms with E-state index < -0.39 is 35.2 Å². The Balaban J connectivity index is 1.56. The lowest BCUT2D eigenvalue weighted by atomic mass is 10.0. The van der Waals surface area contributed by atoms with E-state index in [9.17, 15) is 28.6 Å². The van der Waals surface area contributed by atoms with Gasteiger partial charge in [-0.1, -0.05) is 12.1 Å². The zero-order valence-electron chi connectivity index (χ0n) is 18.5. The van der Waals surface area contributed by atoms with Crippen LogP contribution in [-0.2, 0) is 9.59 Å². The number of ether oxygens (including phenoxy) is 1. The monoisotopic (exact) mass is 512 g/mol. The second-order valence-electron chi connectivity index (χ2n) is 7.55. The number of nitrogens with zero attached hydrogens (tertiary/aromatic N) is 1. The van der Waals surface area contributed by atoms with Crippen LogP contribution in [0.1, 0.15) is 17.2 Å². The first-order chi connectivity index (χ1) is 17.2. The Hall–Kier alpha value is -4.22. The Kier molecular flexibility index (Phi) is 7.04. The van der Waals surface area contributed by atoms with Crippen molar-refractivity contribution in [1.82, 2.24) is 0 Å². The fourth-order valence-corrected chi connectivity index (χ4v) is 4.26. The van der Waals surface area contributed by atoms with Gasteiger partial charge in [0.15, 0.2) is 11.3 Å². The van der Waals surface area contributed by atoms with Gasteiger partial charge in [-0.05, 0) is 65.9 Å². The Bertz CT molecular complexity index is 1440. The van der Waals surface area contributed by atoms with Gasteiger partial charge in [-0.3, -0.25) is 4.79 Å². The first-order valence-electron chi connectivity index (χ1n) is 10.3. The summed E-state index contributed by atoms with van der Waals surface area (Å²) in [5.74, 6) is -3.30. The minimum absolute atomic E-state index is 0.119. The number of carbonyl (C=O) groups excluding carboxylic acids is 1. The Labute approximate surface area is 207 Å². The zero-order chi connectivity index (χ0) is 26.0. The number of carbonyl (C=O) groups is 2. The molecule has 0 radical (unpaired) electrons. The molecule has 0 saturated carbocycles. The molecule has 36 heavy (non-hydrogen) atoms. The summed E-state index contributed by atoms with van der Waals surface area (Å²) in [7, 11) is 1.45. The van der Waals surface area contributed by atoms with Gasteiger partial charge in [0, 0.05) is 22.4 Å². The van der Waals surface area contributed by atoms with Gasteiger partial charge in [0.1, 0.15) is 23.1 Å². The molecule has 0 saturated heterocycles. The lowest BCUT2D eigenvalue weighted by Gasteiger charge is -2.11. The molecule has 1 unspecified atom stereocenters. The maximum absolute atomic E-state index is 14.2. The number of aliphatic imine (C=N–C) groups is 1. The van der Waals surface area contributed by atoms with E-state index in [-0.39, 0.29) is 27.1 Å². The van der Waals surface area contributed by atoms with Crippen molar-refractivity contribution < 1.29 is 38.4 Å². The molecule has 4 rings (SSSR count). The molecular formula is C25H18F2N2O6S. The zero-order valence-corrected chi connectivity index (χ0v) is 19.3. The number of aliphatic hydroxyl groups excluding tert-OH is 1. The number of aliphatic hydroxyl groups is 1. The number of hydrogen-bond donors (Lipinski definition) is 4. The van der Waals surface area contributed by atoms with E-state index in [0.29, 0.717) is 16.9 Å². The average Bonchev–Trinajstić information content (AvgIpc) is 3.18. The van der Waals surface area contributed by atoms with Crippen LogP contribution in [0.25, 0.3) is 17.2 Å². The number of anilines is 1. The molecule has 1 heterocycles. The van der Waals surface area contributed by atoms with Gasteiger partial charge in [0.25, 0.3) is 5.91 Å². The minimum atomic E-state index is -2.01. The number of carboxylic acids is 1. The molecule has 1 aliphatic rings. The standard InChI is InChI=1S/C25H18F2N2O6S/c1-35-20-7-3-14(26)10-17(20)12-2-6-19(30)13(8-12)9-21-23(32)29-25(36-21)28-15-4-5-16(18(27)11-15)22(31)24(33)34/h2-11,22,30-31H,1H3,(H,33,34)(H,28,29,32). The second kappa shape index (κ2) is 10.2. The van der Waals surface area contributed by atoms with Crippen LogP contribution in [0.3, 0.4) is 0 Å². The minimum Gasteiger partial charge on any atom is -0.507 e. The molecule has 0 spiro atoms. The SMILES string of the molecule is COc1ccc(F)cc1-c1ccc(O)c(C=C2SC(Nc3ccc(C(O)C(=O)O)c(F)c3)=NC2=O)c1. The molecule has 3 aromatic rings. The third kappa shape index (κ3) is 5.21. The highest BCUT2D eigenvalue weighted by molar-refractivity contribution is 8.18. The third-order valence-corrected chi connectivity index (χ3v) is 6.09. The quantitative estimate of drug-likeness (QED) is 0.354.